The normalized spacial score (nSPS) is 23.0. The van der Waals surface area contributed by atoms with Crippen molar-refractivity contribution in [2.45, 2.75) is 56.2 Å². The van der Waals surface area contributed by atoms with E-state index in [-0.39, 0.29) is 27.6 Å². The highest BCUT2D eigenvalue weighted by Crippen LogP contribution is 2.53. The van der Waals surface area contributed by atoms with E-state index in [1.54, 1.807) is 13.8 Å². The molecule has 0 saturated carbocycles. The van der Waals surface area contributed by atoms with Crippen molar-refractivity contribution in [1.82, 2.24) is 5.32 Å². The molecule has 0 unspecified atom stereocenters. The number of aliphatic hydroxyl groups is 1. The van der Waals surface area contributed by atoms with Crippen molar-refractivity contribution in [3.63, 3.8) is 0 Å². The van der Waals surface area contributed by atoms with Crippen LogP contribution in [0.25, 0.3) is 0 Å². The third-order valence-electron chi connectivity index (χ3n) is 7.19. The zero-order valence-corrected chi connectivity index (χ0v) is 23.9. The quantitative estimate of drug-likeness (QED) is 0.345. The number of benzene rings is 2. The number of aliphatic hydroxyl groups excluding tert-OH is 1. The van der Waals surface area contributed by atoms with Gasteiger partial charge in [0.1, 0.15) is 29.7 Å². The van der Waals surface area contributed by atoms with Crippen molar-refractivity contribution in [2.24, 2.45) is 11.1 Å². The summed E-state index contributed by atoms with van der Waals surface area (Å²) in [6, 6.07) is 7.05. The Hall–Kier alpha value is -3.30. The van der Waals surface area contributed by atoms with Crippen LogP contribution in [0.5, 0.6) is 0 Å². The van der Waals surface area contributed by atoms with E-state index < -0.39 is 77.4 Å². The third kappa shape index (κ3) is 6.46. The number of nitrogens with zero attached hydrogens (tertiary/aromatic N) is 1. The number of methoxy groups -OCH3 is 1. The fourth-order valence-corrected chi connectivity index (χ4v) is 5.69. The molecule has 0 aliphatic carbocycles. The molecule has 1 aliphatic rings. The van der Waals surface area contributed by atoms with Gasteiger partial charge in [0.05, 0.1) is 36.1 Å². The molecular formula is C28H29Cl2F2N3O6. The maximum atomic E-state index is 15.7. The smallest absolute Gasteiger partial charge is 0.323 e. The van der Waals surface area contributed by atoms with Crippen LogP contribution in [0.2, 0.25) is 10.0 Å². The first-order valence-corrected chi connectivity index (χ1v) is 13.2. The summed E-state index contributed by atoms with van der Waals surface area (Å²) in [5, 5.41) is 23.5. The highest BCUT2D eigenvalue weighted by Gasteiger charge is 2.62. The second-order valence-corrected chi connectivity index (χ2v) is 11.3. The van der Waals surface area contributed by atoms with Crippen LogP contribution in [0.15, 0.2) is 36.4 Å². The van der Waals surface area contributed by atoms with Crippen LogP contribution in [0.1, 0.15) is 43.7 Å². The van der Waals surface area contributed by atoms with E-state index in [1.807, 2.05) is 0 Å². The lowest BCUT2D eigenvalue weighted by atomic mass is 9.62. The first kappa shape index (κ1) is 32.2. The van der Waals surface area contributed by atoms with E-state index in [1.165, 1.54) is 37.4 Å². The molecule has 1 fully saturated rings. The van der Waals surface area contributed by atoms with Gasteiger partial charge in [-0.25, -0.2) is 8.78 Å². The number of carbonyl (C=O) groups is 3. The number of nitriles is 1. The number of carbonyl (C=O) groups excluding carboxylic acids is 3. The molecule has 1 saturated heterocycles. The summed E-state index contributed by atoms with van der Waals surface area (Å²) in [5.41, 5.74) is 1.39. The third-order valence-corrected chi connectivity index (χ3v) is 7.72. The SMILES string of the molecule is COC(=O)C(C)(C)C[C@@H]1N[C@@H](C(=O)OC[C@@H](O)CC(N)=O)[C@H](c2cccc(Cl)c2F)[C@@]1(C#N)c1ccc(Cl)cc1F. The Kier molecular flexibility index (Phi) is 9.98. The van der Waals surface area contributed by atoms with Gasteiger partial charge in [0.2, 0.25) is 5.91 Å². The highest BCUT2D eigenvalue weighted by atomic mass is 35.5. The summed E-state index contributed by atoms with van der Waals surface area (Å²) >= 11 is 12.1. The first-order chi connectivity index (χ1) is 19.2. The van der Waals surface area contributed by atoms with Crippen LogP contribution in [0, 0.1) is 28.4 Å². The Morgan fingerprint density at radius 3 is 2.51 bits per heavy atom. The average molecular weight is 612 g/mol. The van der Waals surface area contributed by atoms with Crippen LogP contribution >= 0.6 is 23.2 Å². The molecule has 0 spiro atoms. The van der Waals surface area contributed by atoms with Crippen LogP contribution in [-0.4, -0.2) is 54.9 Å². The van der Waals surface area contributed by atoms with Crippen LogP contribution in [0.3, 0.4) is 0 Å². The molecule has 2 aromatic carbocycles. The minimum Gasteiger partial charge on any atom is -0.469 e. The van der Waals surface area contributed by atoms with E-state index in [0.29, 0.717) is 0 Å². The van der Waals surface area contributed by atoms with Crippen molar-refractivity contribution >= 4 is 41.0 Å². The van der Waals surface area contributed by atoms with Crippen molar-refractivity contribution in [1.29, 1.82) is 5.26 Å². The molecule has 2 aromatic rings. The summed E-state index contributed by atoms with van der Waals surface area (Å²) in [7, 11) is 1.18. The van der Waals surface area contributed by atoms with Crippen LogP contribution in [-0.2, 0) is 29.3 Å². The molecule has 0 radical (unpaired) electrons. The lowest BCUT2D eigenvalue weighted by Gasteiger charge is -2.37. The molecule has 0 aromatic heterocycles. The van der Waals surface area contributed by atoms with Gasteiger partial charge in [-0.15, -0.1) is 0 Å². The Morgan fingerprint density at radius 1 is 1.24 bits per heavy atom. The molecule has 1 amide bonds. The number of nitrogens with one attached hydrogen (secondary N) is 1. The average Bonchev–Trinajstić information content (AvgIpc) is 3.21. The fraction of sp³-hybridized carbons (Fsp3) is 0.429. The standard InChI is InChI=1S/C28H29Cl2F2N3O6/c1-27(2,26(39)40-3)11-20-28(13-33,17-8-7-14(29)9-19(17)31)22(16-5-4-6-18(30)23(16)32)24(35-20)25(38)41-12-15(36)10-21(34)37/h4-9,15,20,22,24,35-36H,10-12H2,1-3H3,(H2,34,37)/t15-,20-,22-,24+,28-/m0/s1. The molecular weight excluding hydrogens is 583 g/mol. The maximum absolute atomic E-state index is 15.7. The van der Waals surface area contributed by atoms with E-state index in [4.69, 9.17) is 38.4 Å². The summed E-state index contributed by atoms with van der Waals surface area (Å²) in [4.78, 5) is 37.3. The van der Waals surface area contributed by atoms with E-state index in [9.17, 15) is 24.8 Å². The molecule has 220 valence electrons. The van der Waals surface area contributed by atoms with Crippen LogP contribution in [0.4, 0.5) is 8.78 Å². The highest BCUT2D eigenvalue weighted by molar-refractivity contribution is 6.31. The van der Waals surface area contributed by atoms with Gasteiger partial charge >= 0.3 is 11.9 Å². The number of primary amides is 1. The molecule has 9 nitrogen and oxygen atoms in total. The maximum Gasteiger partial charge on any atom is 0.323 e. The molecule has 1 aliphatic heterocycles. The number of esters is 2. The molecule has 5 atom stereocenters. The second-order valence-electron chi connectivity index (χ2n) is 10.5. The minimum atomic E-state index is -2.03. The van der Waals surface area contributed by atoms with Gasteiger partial charge in [-0.3, -0.25) is 19.7 Å². The zero-order chi connectivity index (χ0) is 30.7. The summed E-state index contributed by atoms with van der Waals surface area (Å²) in [5.74, 6) is -5.83. The topological polar surface area (TPSA) is 152 Å². The van der Waals surface area contributed by atoms with Gasteiger partial charge < -0.3 is 20.3 Å². The number of hydrogen-bond donors (Lipinski definition) is 3. The lowest BCUT2D eigenvalue weighted by molar-refractivity contribution is -0.151. The Morgan fingerprint density at radius 2 is 1.93 bits per heavy atom. The van der Waals surface area contributed by atoms with Gasteiger partial charge in [-0.1, -0.05) is 41.4 Å². The molecule has 1 heterocycles. The number of halogens is 4. The van der Waals surface area contributed by atoms with Crippen molar-refractivity contribution in [3.05, 3.63) is 69.2 Å². The number of rotatable bonds is 10. The number of ether oxygens (including phenoxy) is 2. The van der Waals surface area contributed by atoms with E-state index in [0.717, 1.165) is 6.07 Å². The minimum absolute atomic E-state index is 0.0293. The van der Waals surface area contributed by atoms with Crippen LogP contribution < -0.4 is 11.1 Å². The first-order valence-electron chi connectivity index (χ1n) is 12.5. The van der Waals surface area contributed by atoms with Gasteiger partial charge in [-0.2, -0.15) is 5.26 Å². The molecule has 4 N–H and O–H groups in total. The summed E-state index contributed by atoms with van der Waals surface area (Å²) < 4.78 is 41.5. The summed E-state index contributed by atoms with van der Waals surface area (Å²) in [6.45, 7) is 2.45. The molecule has 41 heavy (non-hydrogen) atoms. The Balaban J connectivity index is 2.27. The van der Waals surface area contributed by atoms with E-state index >= 15 is 8.78 Å². The van der Waals surface area contributed by atoms with Crippen molar-refractivity contribution in [2.75, 3.05) is 13.7 Å². The van der Waals surface area contributed by atoms with Crippen molar-refractivity contribution < 1.29 is 37.7 Å². The predicted molar refractivity (Wildman–Crippen MR) is 145 cm³/mol. The van der Waals surface area contributed by atoms with Gasteiger partial charge in [0.25, 0.3) is 0 Å². The molecule has 13 heteroatoms. The Labute approximate surface area is 245 Å². The zero-order valence-electron chi connectivity index (χ0n) is 22.4. The lowest BCUT2D eigenvalue weighted by Crippen LogP contribution is -2.46. The monoisotopic (exact) mass is 611 g/mol. The number of nitrogens with two attached hydrogens (primary N) is 1. The molecule has 3 rings (SSSR count). The second kappa shape index (κ2) is 12.7. The number of amides is 1. The largest absolute Gasteiger partial charge is 0.469 e. The van der Waals surface area contributed by atoms with Gasteiger partial charge in [-0.05, 0) is 44.0 Å². The van der Waals surface area contributed by atoms with Gasteiger partial charge in [0.15, 0.2) is 0 Å². The van der Waals surface area contributed by atoms with Gasteiger partial charge in [0, 0.05) is 22.5 Å². The number of hydrogen-bond acceptors (Lipinski definition) is 8. The molecule has 0 bridgehead atoms. The Bertz CT molecular complexity index is 1390. The van der Waals surface area contributed by atoms with E-state index in [2.05, 4.69) is 11.4 Å². The fourth-order valence-electron chi connectivity index (χ4n) is 5.35. The van der Waals surface area contributed by atoms with Crippen molar-refractivity contribution in [3.8, 4) is 6.07 Å². The predicted octanol–water partition coefficient (Wildman–Crippen LogP) is 3.53. The summed E-state index contributed by atoms with van der Waals surface area (Å²) in [6.07, 6.45) is -2.09.